The highest BCUT2D eigenvalue weighted by atomic mass is 16.5. The predicted octanol–water partition coefficient (Wildman–Crippen LogP) is 2.74. The molecular weight excluding hydrogens is 334 g/mol. The molecule has 2 aromatic rings. The minimum absolute atomic E-state index is 0.0292. The Morgan fingerprint density at radius 1 is 1.23 bits per heavy atom. The first kappa shape index (κ1) is 18.0. The fraction of sp³-hybridized carbons (Fsp3) is 0.421. The first-order valence-corrected chi connectivity index (χ1v) is 8.81. The van der Waals surface area contributed by atoms with E-state index in [4.69, 9.17) is 9.84 Å². The molecule has 0 bridgehead atoms. The number of likely N-dealkylation sites (tertiary alicyclic amines) is 1. The van der Waals surface area contributed by atoms with Crippen LogP contribution in [-0.4, -0.2) is 51.4 Å². The van der Waals surface area contributed by atoms with Gasteiger partial charge in [-0.05, 0) is 56.0 Å². The molecule has 1 aromatic carbocycles. The lowest BCUT2D eigenvalue weighted by atomic mass is 9.97. The smallest absolute Gasteiger partial charge is 0.303 e. The summed E-state index contributed by atoms with van der Waals surface area (Å²) in [4.78, 5) is 25.5. The van der Waals surface area contributed by atoms with Crippen LogP contribution in [0.5, 0.6) is 5.75 Å². The van der Waals surface area contributed by atoms with Crippen LogP contribution in [-0.2, 0) is 4.79 Å². The van der Waals surface area contributed by atoms with E-state index >= 15 is 0 Å². The lowest BCUT2D eigenvalue weighted by molar-refractivity contribution is -0.137. The van der Waals surface area contributed by atoms with Gasteiger partial charge in [0.2, 0.25) is 0 Å². The summed E-state index contributed by atoms with van der Waals surface area (Å²) in [6.45, 7) is 0.651. The zero-order valence-electron chi connectivity index (χ0n) is 14.8. The molecule has 0 aliphatic carbocycles. The number of nitrogens with zero attached hydrogens (tertiary/aromatic N) is 3. The van der Waals surface area contributed by atoms with Gasteiger partial charge in [-0.2, -0.15) is 5.10 Å². The molecule has 1 atom stereocenters. The number of benzene rings is 1. The first-order valence-electron chi connectivity index (χ1n) is 8.81. The molecule has 1 aliphatic rings. The van der Waals surface area contributed by atoms with Gasteiger partial charge in [0.25, 0.3) is 5.91 Å². The predicted molar refractivity (Wildman–Crippen MR) is 95.7 cm³/mol. The van der Waals surface area contributed by atoms with Crippen molar-refractivity contribution in [2.75, 3.05) is 13.7 Å². The number of amides is 1. The fourth-order valence-corrected chi connectivity index (χ4v) is 3.32. The Kier molecular flexibility index (Phi) is 5.55. The maximum absolute atomic E-state index is 12.9. The Labute approximate surface area is 152 Å². The Morgan fingerprint density at radius 3 is 2.69 bits per heavy atom. The summed E-state index contributed by atoms with van der Waals surface area (Å²) in [5.41, 5.74) is 1.22. The molecule has 1 N–H and O–H groups in total. The number of carbonyl (C=O) groups is 2. The summed E-state index contributed by atoms with van der Waals surface area (Å²) < 4.78 is 6.80. The van der Waals surface area contributed by atoms with Crippen molar-refractivity contribution in [3.8, 4) is 11.4 Å². The summed E-state index contributed by atoms with van der Waals surface area (Å²) in [6.07, 6.45) is 5.13. The monoisotopic (exact) mass is 357 g/mol. The highest BCUT2D eigenvalue weighted by molar-refractivity contribution is 5.92. The second-order valence-electron chi connectivity index (χ2n) is 6.42. The molecule has 2 heterocycles. The molecule has 138 valence electrons. The van der Waals surface area contributed by atoms with Crippen molar-refractivity contribution >= 4 is 11.9 Å². The van der Waals surface area contributed by atoms with Gasteiger partial charge in [0.1, 0.15) is 5.75 Å². The summed E-state index contributed by atoms with van der Waals surface area (Å²) in [7, 11) is 1.61. The van der Waals surface area contributed by atoms with Gasteiger partial charge in [0.15, 0.2) is 5.69 Å². The van der Waals surface area contributed by atoms with Crippen LogP contribution in [0.1, 0.15) is 42.6 Å². The molecule has 1 saturated heterocycles. The minimum Gasteiger partial charge on any atom is -0.497 e. The van der Waals surface area contributed by atoms with Gasteiger partial charge >= 0.3 is 5.97 Å². The number of aliphatic carboxylic acids is 1. The van der Waals surface area contributed by atoms with E-state index in [2.05, 4.69) is 5.10 Å². The average molecular weight is 357 g/mol. The maximum atomic E-state index is 12.9. The molecule has 0 unspecified atom stereocenters. The van der Waals surface area contributed by atoms with E-state index in [1.54, 1.807) is 29.0 Å². The second-order valence-corrected chi connectivity index (χ2v) is 6.42. The molecule has 7 nitrogen and oxygen atoms in total. The van der Waals surface area contributed by atoms with Crippen molar-refractivity contribution in [3.05, 3.63) is 42.2 Å². The Balaban J connectivity index is 1.74. The third-order valence-corrected chi connectivity index (χ3v) is 4.72. The summed E-state index contributed by atoms with van der Waals surface area (Å²) in [6, 6.07) is 9.09. The lowest BCUT2D eigenvalue weighted by Gasteiger charge is -2.35. The number of methoxy groups -OCH3 is 1. The molecule has 0 radical (unpaired) electrons. The number of ether oxygens (including phenoxy) is 1. The number of piperidine rings is 1. The van der Waals surface area contributed by atoms with E-state index in [1.807, 2.05) is 24.3 Å². The first-order chi connectivity index (χ1) is 12.6. The van der Waals surface area contributed by atoms with Crippen molar-refractivity contribution in [1.82, 2.24) is 14.7 Å². The molecule has 1 aliphatic heterocycles. The van der Waals surface area contributed by atoms with Crippen molar-refractivity contribution in [2.24, 2.45) is 0 Å². The second kappa shape index (κ2) is 8.03. The molecular formula is C19H23N3O4. The molecule has 26 heavy (non-hydrogen) atoms. The summed E-state index contributed by atoms with van der Waals surface area (Å²) >= 11 is 0. The molecule has 1 amide bonds. The van der Waals surface area contributed by atoms with Crippen molar-refractivity contribution in [2.45, 2.75) is 38.1 Å². The molecule has 0 saturated carbocycles. The van der Waals surface area contributed by atoms with Gasteiger partial charge < -0.3 is 14.7 Å². The fourth-order valence-electron chi connectivity index (χ4n) is 3.32. The Hall–Kier alpha value is -2.83. The highest BCUT2D eigenvalue weighted by Gasteiger charge is 2.29. The van der Waals surface area contributed by atoms with Crippen LogP contribution >= 0.6 is 0 Å². The molecule has 3 rings (SSSR count). The van der Waals surface area contributed by atoms with Gasteiger partial charge in [-0.25, -0.2) is 4.68 Å². The number of aromatic nitrogens is 2. The average Bonchev–Trinajstić information content (AvgIpc) is 3.16. The largest absolute Gasteiger partial charge is 0.497 e. The van der Waals surface area contributed by atoms with Crippen molar-refractivity contribution < 1.29 is 19.4 Å². The van der Waals surface area contributed by atoms with Gasteiger partial charge in [0, 0.05) is 25.2 Å². The van der Waals surface area contributed by atoms with Crippen molar-refractivity contribution in [3.63, 3.8) is 0 Å². The SMILES string of the molecule is COc1ccc(-n2ccc(C(=O)N3CCCC[C@@H]3CCC(=O)O)n2)cc1. The van der Waals surface area contributed by atoms with Crippen molar-refractivity contribution in [1.29, 1.82) is 0 Å². The molecule has 7 heteroatoms. The number of hydrogen-bond donors (Lipinski definition) is 1. The van der Waals surface area contributed by atoms with Gasteiger partial charge in [-0.1, -0.05) is 0 Å². The van der Waals surface area contributed by atoms with E-state index in [0.717, 1.165) is 30.7 Å². The van der Waals surface area contributed by atoms with Gasteiger partial charge in [-0.15, -0.1) is 0 Å². The summed E-state index contributed by atoms with van der Waals surface area (Å²) in [5, 5.41) is 13.3. The van der Waals surface area contributed by atoms with E-state index in [-0.39, 0.29) is 18.4 Å². The third-order valence-electron chi connectivity index (χ3n) is 4.72. The van der Waals surface area contributed by atoms with Crippen LogP contribution in [0.25, 0.3) is 5.69 Å². The zero-order chi connectivity index (χ0) is 18.5. The molecule has 1 aromatic heterocycles. The highest BCUT2D eigenvalue weighted by Crippen LogP contribution is 2.23. The Morgan fingerprint density at radius 2 is 2.00 bits per heavy atom. The standard InChI is InChI=1S/C19H23N3O4/c1-26-16-8-5-15(6-9-16)22-13-11-17(20-22)19(25)21-12-3-2-4-14(21)7-10-18(23)24/h5-6,8-9,11,13-14H,2-4,7,10,12H2,1H3,(H,23,24)/t14-/m1/s1. The number of rotatable bonds is 6. The Bertz CT molecular complexity index is 769. The van der Waals surface area contributed by atoms with E-state index in [1.165, 1.54) is 0 Å². The van der Waals surface area contributed by atoms with Crippen LogP contribution in [0.3, 0.4) is 0 Å². The zero-order valence-corrected chi connectivity index (χ0v) is 14.8. The lowest BCUT2D eigenvalue weighted by Crippen LogP contribution is -2.44. The molecule has 0 spiro atoms. The van der Waals surface area contributed by atoms with Crippen LogP contribution in [0.4, 0.5) is 0 Å². The maximum Gasteiger partial charge on any atom is 0.303 e. The van der Waals surface area contributed by atoms with E-state index in [0.29, 0.717) is 18.7 Å². The topological polar surface area (TPSA) is 84.7 Å². The van der Waals surface area contributed by atoms with Crippen LogP contribution in [0.15, 0.2) is 36.5 Å². The molecule has 1 fully saturated rings. The third kappa shape index (κ3) is 4.04. The number of carboxylic acids is 1. The quantitative estimate of drug-likeness (QED) is 0.859. The van der Waals surface area contributed by atoms with Crippen LogP contribution < -0.4 is 4.74 Å². The number of hydrogen-bond acceptors (Lipinski definition) is 4. The minimum atomic E-state index is -0.827. The van der Waals surface area contributed by atoms with Crippen LogP contribution in [0, 0.1) is 0 Å². The number of carbonyl (C=O) groups excluding carboxylic acids is 1. The van der Waals surface area contributed by atoms with E-state index < -0.39 is 5.97 Å². The summed E-state index contributed by atoms with van der Waals surface area (Å²) in [5.74, 6) is -0.203. The van der Waals surface area contributed by atoms with E-state index in [9.17, 15) is 9.59 Å². The van der Waals surface area contributed by atoms with Crippen LogP contribution in [0.2, 0.25) is 0 Å². The number of carboxylic acid groups (broad SMARTS) is 1. The normalized spacial score (nSPS) is 17.1. The van der Waals surface area contributed by atoms with Gasteiger partial charge in [0.05, 0.1) is 12.8 Å². The van der Waals surface area contributed by atoms with Gasteiger partial charge in [-0.3, -0.25) is 9.59 Å².